The van der Waals surface area contributed by atoms with Crippen LogP contribution in [0, 0.1) is 5.82 Å². The molecule has 1 aromatic heterocycles. The summed E-state index contributed by atoms with van der Waals surface area (Å²) in [6, 6.07) is 11.1. The van der Waals surface area contributed by atoms with Crippen LogP contribution in [-0.2, 0) is 7.05 Å². The molecule has 0 bridgehead atoms. The number of methoxy groups -OCH3 is 2. The van der Waals surface area contributed by atoms with E-state index in [4.69, 9.17) is 9.47 Å². The number of hydrogen-bond donors (Lipinski definition) is 0. The second-order valence-corrected chi connectivity index (χ2v) is 6.59. The molecule has 3 rings (SSSR count). The number of nitrogens with zero attached hydrogens (tertiary/aromatic N) is 3. The minimum Gasteiger partial charge on any atom is -0.497 e. The smallest absolute Gasteiger partial charge is 0.191 e. The minimum atomic E-state index is -0.311. The first-order valence-electron chi connectivity index (χ1n) is 8.07. The number of thioether (sulfide) groups is 1. The highest BCUT2D eigenvalue weighted by Crippen LogP contribution is 2.28. The van der Waals surface area contributed by atoms with Crippen LogP contribution in [0.5, 0.6) is 11.5 Å². The van der Waals surface area contributed by atoms with Crippen molar-refractivity contribution in [1.82, 2.24) is 14.8 Å². The van der Waals surface area contributed by atoms with Crippen molar-refractivity contribution >= 4 is 17.5 Å². The van der Waals surface area contributed by atoms with Gasteiger partial charge in [0.05, 0.1) is 25.5 Å². The fourth-order valence-corrected chi connectivity index (χ4v) is 3.32. The van der Waals surface area contributed by atoms with Gasteiger partial charge in [0.2, 0.25) is 0 Å². The van der Waals surface area contributed by atoms with Gasteiger partial charge >= 0.3 is 0 Å². The van der Waals surface area contributed by atoms with Gasteiger partial charge in [0, 0.05) is 18.7 Å². The monoisotopic (exact) mass is 387 g/mol. The van der Waals surface area contributed by atoms with Crippen molar-refractivity contribution in [1.29, 1.82) is 0 Å². The van der Waals surface area contributed by atoms with Gasteiger partial charge in [-0.25, -0.2) is 4.39 Å². The summed E-state index contributed by atoms with van der Waals surface area (Å²) in [6.07, 6.45) is 0. The molecule has 0 spiro atoms. The summed E-state index contributed by atoms with van der Waals surface area (Å²) in [5.41, 5.74) is 1.23. The van der Waals surface area contributed by atoms with Crippen LogP contribution in [0.4, 0.5) is 4.39 Å². The van der Waals surface area contributed by atoms with Gasteiger partial charge < -0.3 is 14.0 Å². The zero-order valence-corrected chi connectivity index (χ0v) is 15.9. The maximum Gasteiger partial charge on any atom is 0.191 e. The van der Waals surface area contributed by atoms with E-state index in [2.05, 4.69) is 10.2 Å². The lowest BCUT2D eigenvalue weighted by Gasteiger charge is -2.09. The van der Waals surface area contributed by atoms with E-state index >= 15 is 0 Å². The van der Waals surface area contributed by atoms with E-state index in [9.17, 15) is 9.18 Å². The van der Waals surface area contributed by atoms with Crippen LogP contribution in [-0.4, -0.2) is 40.5 Å². The highest BCUT2D eigenvalue weighted by molar-refractivity contribution is 7.99. The summed E-state index contributed by atoms with van der Waals surface area (Å²) in [5, 5.41) is 8.86. The van der Waals surface area contributed by atoms with Crippen molar-refractivity contribution < 1.29 is 18.7 Å². The van der Waals surface area contributed by atoms with Gasteiger partial charge in [0.1, 0.15) is 17.3 Å². The van der Waals surface area contributed by atoms with Gasteiger partial charge in [0.15, 0.2) is 16.8 Å². The van der Waals surface area contributed by atoms with Crippen LogP contribution < -0.4 is 9.47 Å². The Hall–Kier alpha value is -2.87. The van der Waals surface area contributed by atoms with Gasteiger partial charge in [-0.15, -0.1) is 10.2 Å². The molecule has 3 aromatic rings. The number of rotatable bonds is 7. The standard InChI is InChI=1S/C19H18FN3O3S/c1-23-18(12-4-6-13(20)7-5-12)21-22-19(23)27-11-16(24)15-9-8-14(25-2)10-17(15)26-3/h4-10H,11H2,1-3H3. The number of carbonyl (C=O) groups is 1. The third-order valence-electron chi connectivity index (χ3n) is 3.98. The molecule has 0 atom stereocenters. The first kappa shape index (κ1) is 18.9. The lowest BCUT2D eigenvalue weighted by molar-refractivity contribution is 0.101. The molecule has 27 heavy (non-hydrogen) atoms. The fraction of sp³-hybridized carbons (Fsp3) is 0.211. The summed E-state index contributed by atoms with van der Waals surface area (Å²) in [4.78, 5) is 12.6. The predicted octanol–water partition coefficient (Wildman–Crippen LogP) is 3.61. The highest BCUT2D eigenvalue weighted by Gasteiger charge is 2.17. The summed E-state index contributed by atoms with van der Waals surface area (Å²) < 4.78 is 25.3. The summed E-state index contributed by atoms with van der Waals surface area (Å²) in [5.74, 6) is 1.46. The highest BCUT2D eigenvalue weighted by atomic mass is 32.2. The number of benzene rings is 2. The normalized spacial score (nSPS) is 10.7. The molecular formula is C19H18FN3O3S. The number of ketones is 1. The van der Waals surface area contributed by atoms with Crippen molar-refractivity contribution in [3.63, 3.8) is 0 Å². The largest absolute Gasteiger partial charge is 0.497 e. The van der Waals surface area contributed by atoms with Crippen LogP contribution in [0.1, 0.15) is 10.4 Å². The molecule has 0 saturated carbocycles. The average Bonchev–Trinajstić information content (AvgIpc) is 3.06. The topological polar surface area (TPSA) is 66.2 Å². The fourth-order valence-electron chi connectivity index (χ4n) is 2.53. The van der Waals surface area contributed by atoms with E-state index in [1.807, 2.05) is 0 Å². The Bertz CT molecular complexity index is 957. The Labute approximate surface area is 160 Å². The second-order valence-electron chi connectivity index (χ2n) is 5.65. The molecule has 0 aliphatic heterocycles. The number of hydrogen-bond acceptors (Lipinski definition) is 6. The van der Waals surface area contributed by atoms with E-state index < -0.39 is 0 Å². The number of carbonyl (C=O) groups excluding carboxylic acids is 1. The van der Waals surface area contributed by atoms with Crippen molar-refractivity contribution in [2.75, 3.05) is 20.0 Å². The molecule has 0 amide bonds. The molecular weight excluding hydrogens is 369 g/mol. The average molecular weight is 387 g/mol. The third kappa shape index (κ3) is 4.11. The van der Waals surface area contributed by atoms with E-state index in [0.29, 0.717) is 28.0 Å². The molecule has 0 saturated heterocycles. The lowest BCUT2D eigenvalue weighted by atomic mass is 10.1. The molecule has 0 aliphatic carbocycles. The second kappa shape index (κ2) is 8.22. The van der Waals surface area contributed by atoms with E-state index in [1.54, 1.807) is 49.1 Å². The van der Waals surface area contributed by atoms with Gasteiger partial charge in [-0.3, -0.25) is 4.79 Å². The molecule has 0 N–H and O–H groups in total. The molecule has 1 heterocycles. The third-order valence-corrected chi connectivity index (χ3v) is 5.00. The van der Waals surface area contributed by atoms with E-state index in [0.717, 1.165) is 5.56 Å². The van der Waals surface area contributed by atoms with Crippen LogP contribution in [0.25, 0.3) is 11.4 Å². The summed E-state index contributed by atoms with van der Waals surface area (Å²) in [6.45, 7) is 0. The number of halogens is 1. The van der Waals surface area contributed by atoms with Gasteiger partial charge in [-0.05, 0) is 36.4 Å². The van der Waals surface area contributed by atoms with Crippen molar-refractivity contribution in [3.05, 3.63) is 53.8 Å². The quantitative estimate of drug-likeness (QED) is 0.456. The number of ether oxygens (including phenoxy) is 2. The van der Waals surface area contributed by atoms with Crippen LogP contribution in [0.3, 0.4) is 0 Å². The zero-order valence-electron chi connectivity index (χ0n) is 15.1. The molecule has 140 valence electrons. The first-order valence-corrected chi connectivity index (χ1v) is 9.05. The predicted molar refractivity (Wildman–Crippen MR) is 101 cm³/mol. The maximum absolute atomic E-state index is 13.1. The summed E-state index contributed by atoms with van der Waals surface area (Å²) >= 11 is 1.28. The lowest BCUT2D eigenvalue weighted by Crippen LogP contribution is -2.06. The minimum absolute atomic E-state index is 0.0918. The van der Waals surface area contributed by atoms with Crippen LogP contribution in [0.15, 0.2) is 47.6 Å². The van der Waals surface area contributed by atoms with E-state index in [-0.39, 0.29) is 17.4 Å². The first-order chi connectivity index (χ1) is 13.0. The molecule has 0 aliphatic rings. The van der Waals surface area contributed by atoms with Crippen molar-refractivity contribution in [2.24, 2.45) is 7.05 Å². The molecule has 0 radical (unpaired) electrons. The Kier molecular flexibility index (Phi) is 5.75. The number of aromatic nitrogens is 3. The van der Waals surface area contributed by atoms with Crippen LogP contribution in [0.2, 0.25) is 0 Å². The Morgan fingerprint density at radius 3 is 2.52 bits per heavy atom. The molecule has 6 nitrogen and oxygen atoms in total. The Balaban J connectivity index is 1.74. The SMILES string of the molecule is COc1ccc(C(=O)CSc2nnc(-c3ccc(F)cc3)n2C)c(OC)c1. The zero-order chi connectivity index (χ0) is 19.4. The molecule has 0 unspecified atom stereocenters. The number of Topliss-reactive ketones (excluding diaryl/α,β-unsaturated/α-hetero) is 1. The molecule has 8 heteroatoms. The van der Waals surface area contributed by atoms with Crippen molar-refractivity contribution in [3.8, 4) is 22.9 Å². The molecule has 0 fully saturated rings. The van der Waals surface area contributed by atoms with Gasteiger partial charge in [-0.1, -0.05) is 11.8 Å². The molecule has 2 aromatic carbocycles. The van der Waals surface area contributed by atoms with Crippen LogP contribution >= 0.6 is 11.8 Å². The van der Waals surface area contributed by atoms with E-state index in [1.165, 1.54) is 31.0 Å². The van der Waals surface area contributed by atoms with Gasteiger partial charge in [-0.2, -0.15) is 0 Å². The van der Waals surface area contributed by atoms with Gasteiger partial charge in [0.25, 0.3) is 0 Å². The Morgan fingerprint density at radius 1 is 1.11 bits per heavy atom. The maximum atomic E-state index is 13.1. The summed E-state index contributed by atoms with van der Waals surface area (Å²) in [7, 11) is 4.87. The Morgan fingerprint density at radius 2 is 1.85 bits per heavy atom. The van der Waals surface area contributed by atoms with Crippen molar-refractivity contribution in [2.45, 2.75) is 5.16 Å².